The lowest BCUT2D eigenvalue weighted by Crippen LogP contribution is -2.39. The van der Waals surface area contributed by atoms with Crippen molar-refractivity contribution < 1.29 is 4.74 Å². The Kier molecular flexibility index (Phi) is 3.86. The largest absolute Gasteiger partial charge is 0.497 e. The van der Waals surface area contributed by atoms with Crippen LogP contribution in [0, 0.1) is 0 Å². The minimum Gasteiger partial charge on any atom is -0.497 e. The first kappa shape index (κ1) is 17.7. The monoisotopic (exact) mass is 387 g/mol. The van der Waals surface area contributed by atoms with E-state index in [2.05, 4.69) is 12.1 Å². The number of aromatic nitrogens is 2. The Morgan fingerprint density at radius 3 is 2.48 bits per heavy atom. The van der Waals surface area contributed by atoms with E-state index >= 15 is 0 Å². The summed E-state index contributed by atoms with van der Waals surface area (Å²) in [6, 6.07) is 15.7. The molecule has 6 heteroatoms. The Morgan fingerprint density at radius 1 is 0.966 bits per heavy atom. The van der Waals surface area contributed by atoms with Crippen molar-refractivity contribution >= 4 is 38.0 Å². The summed E-state index contributed by atoms with van der Waals surface area (Å²) in [5.41, 5.74) is 0.888. The van der Waals surface area contributed by atoms with Gasteiger partial charge in [0.25, 0.3) is 5.56 Å². The first-order valence-electron chi connectivity index (χ1n) is 9.56. The van der Waals surface area contributed by atoms with Gasteiger partial charge in [-0.15, -0.1) is 0 Å². The second kappa shape index (κ2) is 6.32. The second-order valence-corrected chi connectivity index (χ2v) is 7.63. The topological polar surface area (TPSA) is 56.0 Å². The summed E-state index contributed by atoms with van der Waals surface area (Å²) in [6.07, 6.45) is 0. The van der Waals surface area contributed by atoms with Gasteiger partial charge in [0, 0.05) is 23.9 Å². The summed E-state index contributed by atoms with van der Waals surface area (Å²) in [5, 5.41) is 4.47. The van der Waals surface area contributed by atoms with Gasteiger partial charge in [0.05, 0.1) is 23.5 Å². The first-order chi connectivity index (χ1) is 14.0. The molecule has 0 spiro atoms. The smallest absolute Gasteiger partial charge is 0.336 e. The van der Waals surface area contributed by atoms with Crippen molar-refractivity contribution in [3.8, 4) is 5.75 Å². The molecule has 2 heterocycles. The molecule has 0 aliphatic heterocycles. The molecule has 0 saturated carbocycles. The lowest BCUT2D eigenvalue weighted by atomic mass is 10.0. The van der Waals surface area contributed by atoms with Gasteiger partial charge in [-0.3, -0.25) is 13.8 Å². The highest BCUT2D eigenvalue weighted by Gasteiger charge is 2.21. The fraction of sp³-hybridized carbons (Fsp3) is 0.217. The van der Waals surface area contributed by atoms with Crippen molar-refractivity contribution in [2.75, 3.05) is 27.7 Å². The SMILES string of the molecule is COc1cc2c(=O)n(CCN(C)C)c(=O)n3c4ccc5ccccc5c4c(c1)c23. The van der Waals surface area contributed by atoms with Crippen molar-refractivity contribution in [3.63, 3.8) is 0 Å². The molecule has 5 rings (SSSR count). The number of fused-ring (bicyclic) bond motifs is 5. The highest BCUT2D eigenvalue weighted by atomic mass is 16.5. The van der Waals surface area contributed by atoms with Crippen LogP contribution in [0.1, 0.15) is 0 Å². The van der Waals surface area contributed by atoms with Crippen LogP contribution in [0.25, 0.3) is 38.0 Å². The van der Waals surface area contributed by atoms with Crippen molar-refractivity contribution in [1.82, 2.24) is 13.9 Å². The summed E-state index contributed by atoms with van der Waals surface area (Å²) in [4.78, 5) is 28.6. The zero-order valence-electron chi connectivity index (χ0n) is 16.6. The maximum Gasteiger partial charge on any atom is 0.336 e. The zero-order chi connectivity index (χ0) is 20.3. The Bertz CT molecular complexity index is 1510. The third kappa shape index (κ3) is 2.46. The van der Waals surface area contributed by atoms with Gasteiger partial charge in [0.2, 0.25) is 0 Å². The van der Waals surface area contributed by atoms with Crippen molar-refractivity contribution in [2.24, 2.45) is 0 Å². The Balaban J connectivity index is 2.05. The summed E-state index contributed by atoms with van der Waals surface area (Å²) in [7, 11) is 5.43. The van der Waals surface area contributed by atoms with Crippen LogP contribution in [0.3, 0.4) is 0 Å². The second-order valence-electron chi connectivity index (χ2n) is 7.63. The molecule has 0 atom stereocenters. The van der Waals surface area contributed by atoms with Crippen LogP contribution in [-0.2, 0) is 6.54 Å². The predicted octanol–water partition coefficient (Wildman–Crippen LogP) is 2.93. The van der Waals surface area contributed by atoms with Gasteiger partial charge in [-0.25, -0.2) is 4.79 Å². The quantitative estimate of drug-likeness (QED) is 0.476. The molecule has 29 heavy (non-hydrogen) atoms. The van der Waals surface area contributed by atoms with Gasteiger partial charge in [-0.2, -0.15) is 0 Å². The molecular weight excluding hydrogens is 366 g/mol. The average Bonchev–Trinajstić information content (AvgIpc) is 3.06. The normalized spacial score (nSPS) is 12.1. The third-order valence-electron chi connectivity index (χ3n) is 5.63. The number of ether oxygens (including phenoxy) is 1. The summed E-state index contributed by atoms with van der Waals surface area (Å²) in [5.74, 6) is 0.606. The van der Waals surface area contributed by atoms with E-state index in [9.17, 15) is 9.59 Å². The van der Waals surface area contributed by atoms with E-state index in [1.54, 1.807) is 17.6 Å². The average molecular weight is 387 g/mol. The van der Waals surface area contributed by atoms with E-state index in [0.29, 0.717) is 29.7 Å². The number of likely N-dealkylation sites (N-methyl/N-ethyl adjacent to an activating group) is 1. The molecule has 0 radical (unpaired) electrons. The van der Waals surface area contributed by atoms with Gasteiger partial charge >= 0.3 is 5.69 Å². The van der Waals surface area contributed by atoms with Crippen LogP contribution in [0.15, 0.2) is 58.1 Å². The number of benzene rings is 3. The maximum absolute atomic E-state index is 13.4. The minimum atomic E-state index is -0.301. The van der Waals surface area contributed by atoms with E-state index in [4.69, 9.17) is 4.74 Å². The molecule has 0 amide bonds. The molecule has 0 N–H and O–H groups in total. The van der Waals surface area contributed by atoms with Crippen LogP contribution in [0.5, 0.6) is 5.75 Å². The summed E-state index contributed by atoms with van der Waals surface area (Å²) >= 11 is 0. The standard InChI is InChI=1S/C23H21N3O3/c1-24(2)10-11-25-22(27)18-13-15(29-3)12-17-20-16-7-5-4-6-14(16)8-9-19(20)26(21(17)18)23(25)28/h4-9,12-13H,10-11H2,1-3H3. The molecular formula is C23H21N3O3. The number of nitrogens with zero attached hydrogens (tertiary/aromatic N) is 3. The highest BCUT2D eigenvalue weighted by Crippen LogP contribution is 2.36. The summed E-state index contributed by atoms with van der Waals surface area (Å²) in [6.45, 7) is 0.929. The fourth-order valence-electron chi connectivity index (χ4n) is 4.22. The highest BCUT2D eigenvalue weighted by molar-refractivity contribution is 6.23. The number of methoxy groups -OCH3 is 1. The molecule has 146 valence electrons. The number of hydrogen-bond acceptors (Lipinski definition) is 4. The lowest BCUT2D eigenvalue weighted by molar-refractivity contribution is 0.376. The van der Waals surface area contributed by atoms with Gasteiger partial charge in [0.1, 0.15) is 5.75 Å². The molecule has 0 saturated heterocycles. The van der Waals surface area contributed by atoms with E-state index in [1.165, 1.54) is 4.57 Å². The third-order valence-corrected chi connectivity index (χ3v) is 5.63. The minimum absolute atomic E-state index is 0.277. The van der Waals surface area contributed by atoms with Crippen LogP contribution >= 0.6 is 0 Å². The molecule has 0 aliphatic carbocycles. The molecule has 3 aromatic carbocycles. The fourth-order valence-corrected chi connectivity index (χ4v) is 4.22. The van der Waals surface area contributed by atoms with Crippen molar-refractivity contribution in [3.05, 3.63) is 69.4 Å². The van der Waals surface area contributed by atoms with E-state index < -0.39 is 0 Å². The lowest BCUT2D eigenvalue weighted by Gasteiger charge is -2.12. The molecule has 5 aromatic rings. The van der Waals surface area contributed by atoms with Crippen molar-refractivity contribution in [1.29, 1.82) is 0 Å². The van der Waals surface area contributed by atoms with Crippen LogP contribution in [-0.4, -0.2) is 41.6 Å². The van der Waals surface area contributed by atoms with Gasteiger partial charge in [-0.1, -0.05) is 30.3 Å². The molecule has 0 unspecified atom stereocenters. The van der Waals surface area contributed by atoms with Gasteiger partial charge in [-0.05, 0) is 43.1 Å². The van der Waals surface area contributed by atoms with Crippen LogP contribution in [0.2, 0.25) is 0 Å². The first-order valence-corrected chi connectivity index (χ1v) is 9.56. The van der Waals surface area contributed by atoms with Crippen molar-refractivity contribution in [2.45, 2.75) is 6.54 Å². The predicted molar refractivity (Wildman–Crippen MR) is 117 cm³/mol. The molecule has 0 aliphatic rings. The Morgan fingerprint density at radius 2 is 1.72 bits per heavy atom. The maximum atomic E-state index is 13.4. The molecule has 6 nitrogen and oxygen atoms in total. The summed E-state index contributed by atoms with van der Waals surface area (Å²) < 4.78 is 8.51. The van der Waals surface area contributed by atoms with E-state index in [0.717, 1.165) is 27.1 Å². The van der Waals surface area contributed by atoms with E-state index in [-0.39, 0.29) is 11.2 Å². The Labute approximate surface area is 166 Å². The molecule has 0 bridgehead atoms. The molecule has 0 fully saturated rings. The number of rotatable bonds is 4. The van der Waals surface area contributed by atoms with E-state index in [1.807, 2.05) is 49.3 Å². The Hall–Kier alpha value is -3.38. The van der Waals surface area contributed by atoms with Crippen LogP contribution < -0.4 is 16.0 Å². The zero-order valence-corrected chi connectivity index (χ0v) is 16.6. The molecule has 2 aromatic heterocycles. The number of hydrogen-bond donors (Lipinski definition) is 0. The van der Waals surface area contributed by atoms with Gasteiger partial charge < -0.3 is 9.64 Å². The van der Waals surface area contributed by atoms with Gasteiger partial charge in [0.15, 0.2) is 0 Å². The van der Waals surface area contributed by atoms with Crippen LogP contribution in [0.4, 0.5) is 0 Å².